The lowest BCUT2D eigenvalue weighted by atomic mass is 9.98. The SMILES string of the molecule is CCCCCCOC(=O)N(C(=O)CC[C@@H](NC(=O)OCC1c2ccccc2-c2ccccc21)C(=O)O)C(=O)OCCCCCC. The van der Waals surface area contributed by atoms with E-state index in [1.54, 1.807) is 0 Å². The Labute approximate surface area is 264 Å². The highest BCUT2D eigenvalue weighted by atomic mass is 16.6. The van der Waals surface area contributed by atoms with Crippen molar-refractivity contribution in [2.24, 2.45) is 0 Å². The molecule has 0 saturated carbocycles. The molecule has 11 nitrogen and oxygen atoms in total. The fraction of sp³-hybridized carbons (Fsp3) is 0.500. The molecule has 2 N–H and O–H groups in total. The van der Waals surface area contributed by atoms with Crippen LogP contribution in [0.5, 0.6) is 0 Å². The Morgan fingerprint density at radius 2 is 1.27 bits per heavy atom. The van der Waals surface area contributed by atoms with Crippen LogP contribution in [0.2, 0.25) is 0 Å². The quantitative estimate of drug-likeness (QED) is 0.140. The van der Waals surface area contributed by atoms with Crippen molar-refractivity contribution in [2.75, 3.05) is 19.8 Å². The van der Waals surface area contributed by atoms with Crippen molar-refractivity contribution in [2.45, 2.75) is 90.0 Å². The zero-order valence-electron chi connectivity index (χ0n) is 26.1. The predicted molar refractivity (Wildman–Crippen MR) is 167 cm³/mol. The molecule has 0 saturated heterocycles. The Kier molecular flexibility index (Phi) is 14.3. The Morgan fingerprint density at radius 1 is 0.756 bits per heavy atom. The van der Waals surface area contributed by atoms with Crippen molar-refractivity contribution in [3.05, 3.63) is 59.7 Å². The molecule has 0 heterocycles. The second kappa shape index (κ2) is 18.4. The Morgan fingerprint density at radius 3 is 1.76 bits per heavy atom. The molecule has 1 aliphatic carbocycles. The average Bonchev–Trinajstić information content (AvgIpc) is 3.35. The summed E-state index contributed by atoms with van der Waals surface area (Å²) < 4.78 is 15.7. The summed E-state index contributed by atoms with van der Waals surface area (Å²) in [6.07, 6.45) is 2.39. The van der Waals surface area contributed by atoms with Gasteiger partial charge in [0.2, 0.25) is 5.91 Å². The van der Waals surface area contributed by atoms with Crippen LogP contribution in [-0.4, -0.2) is 66.0 Å². The summed E-state index contributed by atoms with van der Waals surface area (Å²) in [5, 5.41) is 12.0. The molecule has 4 amide bonds. The van der Waals surface area contributed by atoms with Gasteiger partial charge in [0.15, 0.2) is 0 Å². The van der Waals surface area contributed by atoms with Crippen LogP contribution in [-0.2, 0) is 23.8 Å². The van der Waals surface area contributed by atoms with Crippen LogP contribution >= 0.6 is 0 Å². The molecule has 3 rings (SSSR count). The molecule has 2 aromatic rings. The van der Waals surface area contributed by atoms with Crippen LogP contribution in [0.15, 0.2) is 48.5 Å². The Balaban J connectivity index is 1.57. The van der Waals surface area contributed by atoms with E-state index in [1.807, 2.05) is 62.4 Å². The summed E-state index contributed by atoms with van der Waals surface area (Å²) in [7, 11) is 0. The lowest BCUT2D eigenvalue weighted by Gasteiger charge is -2.20. The summed E-state index contributed by atoms with van der Waals surface area (Å²) in [5.41, 5.74) is 4.10. The van der Waals surface area contributed by atoms with E-state index in [0.717, 1.165) is 60.8 Å². The number of carbonyl (C=O) groups is 5. The van der Waals surface area contributed by atoms with Gasteiger partial charge in [-0.3, -0.25) is 4.79 Å². The number of carbonyl (C=O) groups excluding carboxylic acids is 4. The summed E-state index contributed by atoms with van der Waals surface area (Å²) in [6, 6.07) is 14.1. The van der Waals surface area contributed by atoms with Gasteiger partial charge >= 0.3 is 24.2 Å². The number of alkyl carbamates (subject to hydrolysis) is 1. The number of ether oxygens (including phenoxy) is 3. The maximum atomic E-state index is 13.0. The van der Waals surface area contributed by atoms with E-state index >= 15 is 0 Å². The first-order chi connectivity index (χ1) is 21.8. The summed E-state index contributed by atoms with van der Waals surface area (Å²) in [4.78, 5) is 63.4. The molecule has 0 radical (unpaired) electrons. The van der Waals surface area contributed by atoms with Crippen molar-refractivity contribution in [3.63, 3.8) is 0 Å². The van der Waals surface area contributed by atoms with Crippen LogP contribution in [0.25, 0.3) is 11.1 Å². The van der Waals surface area contributed by atoms with Gasteiger partial charge in [0.25, 0.3) is 0 Å². The van der Waals surface area contributed by atoms with E-state index < -0.39 is 49.0 Å². The molecule has 1 atom stereocenters. The highest BCUT2D eigenvalue weighted by Gasteiger charge is 2.34. The molecule has 0 aliphatic heterocycles. The molecule has 0 aromatic heterocycles. The monoisotopic (exact) mass is 624 g/mol. The third-order valence-corrected chi connectivity index (χ3v) is 7.64. The minimum atomic E-state index is -1.51. The van der Waals surface area contributed by atoms with Gasteiger partial charge in [-0.15, -0.1) is 4.90 Å². The first kappa shape index (κ1) is 35.1. The molecule has 0 bridgehead atoms. The van der Waals surface area contributed by atoms with Gasteiger partial charge in [-0.25, -0.2) is 19.2 Å². The minimum Gasteiger partial charge on any atom is -0.480 e. The predicted octanol–water partition coefficient (Wildman–Crippen LogP) is 7.02. The largest absolute Gasteiger partial charge is 0.480 e. The first-order valence-electron chi connectivity index (χ1n) is 15.8. The second-order valence-electron chi connectivity index (χ2n) is 11.0. The number of nitrogens with zero attached hydrogens (tertiary/aromatic N) is 1. The number of benzene rings is 2. The summed E-state index contributed by atoms with van der Waals surface area (Å²) >= 11 is 0. The molecule has 0 fully saturated rings. The van der Waals surface area contributed by atoms with Gasteiger partial charge in [-0.05, 0) is 41.5 Å². The van der Waals surface area contributed by atoms with Crippen LogP contribution < -0.4 is 5.32 Å². The van der Waals surface area contributed by atoms with Crippen molar-refractivity contribution >= 4 is 30.2 Å². The van der Waals surface area contributed by atoms with E-state index in [4.69, 9.17) is 14.2 Å². The minimum absolute atomic E-state index is 0.0207. The van der Waals surface area contributed by atoms with Crippen LogP contribution in [0.1, 0.15) is 95.1 Å². The maximum absolute atomic E-state index is 13.0. The molecule has 2 aromatic carbocycles. The number of unbranched alkanes of at least 4 members (excludes halogenated alkanes) is 6. The fourth-order valence-corrected chi connectivity index (χ4v) is 5.20. The maximum Gasteiger partial charge on any atom is 0.426 e. The molecule has 0 spiro atoms. The highest BCUT2D eigenvalue weighted by Crippen LogP contribution is 2.44. The van der Waals surface area contributed by atoms with E-state index in [2.05, 4.69) is 5.32 Å². The third-order valence-electron chi connectivity index (χ3n) is 7.64. The smallest absolute Gasteiger partial charge is 0.426 e. The van der Waals surface area contributed by atoms with Crippen LogP contribution in [0, 0.1) is 0 Å². The van der Waals surface area contributed by atoms with E-state index in [0.29, 0.717) is 12.8 Å². The number of hydrogen-bond donors (Lipinski definition) is 2. The van der Waals surface area contributed by atoms with Gasteiger partial charge in [0, 0.05) is 12.3 Å². The second-order valence-corrected chi connectivity index (χ2v) is 11.0. The standard InChI is InChI=1S/C34H44N2O9/c1-3-5-7-13-21-43-33(41)36(34(42)44-22-14-8-6-4-2)30(37)20-19-29(31(38)39)35-32(40)45-23-28-26-17-11-9-15-24(26)25-16-10-12-18-27(25)28/h9-12,15-18,28-29H,3-8,13-14,19-23H2,1-2H3,(H,35,40)(H,38,39)/t29-/m1/s1. The molecular formula is C34H44N2O9. The molecule has 0 unspecified atom stereocenters. The number of nitrogens with one attached hydrogen (secondary N) is 1. The summed E-state index contributed by atoms with van der Waals surface area (Å²) in [5.74, 6) is -2.62. The average molecular weight is 625 g/mol. The van der Waals surface area contributed by atoms with Gasteiger partial charge < -0.3 is 24.6 Å². The molecule has 1 aliphatic rings. The number of carboxylic acids is 1. The Hall–Kier alpha value is -4.41. The lowest BCUT2D eigenvalue weighted by Crippen LogP contribution is -2.45. The van der Waals surface area contributed by atoms with Crippen molar-refractivity contribution in [1.29, 1.82) is 0 Å². The van der Waals surface area contributed by atoms with Gasteiger partial charge in [-0.1, -0.05) is 101 Å². The lowest BCUT2D eigenvalue weighted by molar-refractivity contribution is -0.139. The first-order valence-corrected chi connectivity index (χ1v) is 15.8. The Bertz CT molecular complexity index is 1240. The fourth-order valence-electron chi connectivity index (χ4n) is 5.20. The zero-order valence-corrected chi connectivity index (χ0v) is 26.1. The number of aliphatic carboxylic acids is 1. The van der Waals surface area contributed by atoms with Crippen molar-refractivity contribution in [3.8, 4) is 11.1 Å². The van der Waals surface area contributed by atoms with Crippen LogP contribution in [0.3, 0.4) is 0 Å². The molecule has 45 heavy (non-hydrogen) atoms. The number of imide groups is 3. The van der Waals surface area contributed by atoms with Crippen molar-refractivity contribution < 1.29 is 43.3 Å². The van der Waals surface area contributed by atoms with E-state index in [1.165, 1.54) is 0 Å². The van der Waals surface area contributed by atoms with Gasteiger partial charge in [-0.2, -0.15) is 0 Å². The molecule has 11 heteroatoms. The van der Waals surface area contributed by atoms with E-state index in [9.17, 15) is 29.1 Å². The van der Waals surface area contributed by atoms with Gasteiger partial charge in [0.05, 0.1) is 13.2 Å². The van der Waals surface area contributed by atoms with Crippen molar-refractivity contribution in [1.82, 2.24) is 10.2 Å². The number of fused-ring (bicyclic) bond motifs is 3. The number of amides is 4. The third kappa shape index (κ3) is 10.3. The summed E-state index contributed by atoms with van der Waals surface area (Å²) in [6.45, 7) is 4.10. The number of hydrogen-bond acceptors (Lipinski definition) is 8. The van der Waals surface area contributed by atoms with Crippen LogP contribution in [0.4, 0.5) is 14.4 Å². The zero-order chi connectivity index (χ0) is 32.6. The topological polar surface area (TPSA) is 149 Å². The van der Waals surface area contributed by atoms with E-state index in [-0.39, 0.29) is 30.6 Å². The highest BCUT2D eigenvalue weighted by molar-refractivity contribution is 6.06. The number of rotatable bonds is 17. The number of carboxylic acid groups (broad SMARTS) is 1. The normalized spacial score (nSPS) is 12.4. The molecule has 244 valence electrons. The van der Waals surface area contributed by atoms with Gasteiger partial charge in [0.1, 0.15) is 12.6 Å². The molecular weight excluding hydrogens is 580 g/mol.